The predicted molar refractivity (Wildman–Crippen MR) is 35.7 cm³/mol. The van der Waals surface area contributed by atoms with Gasteiger partial charge in [0.05, 0.1) is 5.69 Å². The first-order valence-electron chi connectivity index (χ1n) is 2.83. The van der Waals surface area contributed by atoms with E-state index >= 15 is 0 Å². The van der Waals surface area contributed by atoms with E-state index in [1.165, 1.54) is 0 Å². The number of hydrogen-bond donors (Lipinski definition) is 1. The zero-order valence-corrected chi connectivity index (χ0v) is 5.05. The molecule has 1 aromatic heterocycles. The van der Waals surface area contributed by atoms with Crippen molar-refractivity contribution >= 4 is 12.2 Å². The summed E-state index contributed by atoms with van der Waals surface area (Å²) < 4.78 is 0. The van der Waals surface area contributed by atoms with E-state index in [1.54, 1.807) is 12.2 Å². The SMILES string of the molecule is N#Cc1n[nH]c2c1C=C=C2. The second-order valence-electron chi connectivity index (χ2n) is 1.97. The molecule has 1 N–H and O–H groups in total. The average molecular weight is 129 g/mol. The minimum Gasteiger partial charge on any atom is -0.276 e. The van der Waals surface area contributed by atoms with Crippen molar-refractivity contribution in [1.82, 2.24) is 10.2 Å². The van der Waals surface area contributed by atoms with Crippen LogP contribution in [0.3, 0.4) is 0 Å². The van der Waals surface area contributed by atoms with E-state index < -0.39 is 0 Å². The minimum absolute atomic E-state index is 0.441. The van der Waals surface area contributed by atoms with Gasteiger partial charge in [0.25, 0.3) is 0 Å². The molecule has 0 bridgehead atoms. The summed E-state index contributed by atoms with van der Waals surface area (Å²) in [4.78, 5) is 0. The fraction of sp³-hybridized carbons (Fsp3) is 0. The molecule has 3 heteroatoms. The number of nitrogens with one attached hydrogen (secondary N) is 1. The molecule has 46 valence electrons. The maximum atomic E-state index is 8.50. The van der Waals surface area contributed by atoms with E-state index in [4.69, 9.17) is 5.26 Å². The predicted octanol–water partition coefficient (Wildman–Crippen LogP) is 0.920. The Hall–Kier alpha value is -1.78. The van der Waals surface area contributed by atoms with Crippen LogP contribution in [-0.2, 0) is 0 Å². The van der Waals surface area contributed by atoms with E-state index in [2.05, 4.69) is 15.9 Å². The third kappa shape index (κ3) is 0.459. The second kappa shape index (κ2) is 1.60. The summed E-state index contributed by atoms with van der Waals surface area (Å²) in [5.41, 5.74) is 5.03. The number of rotatable bonds is 0. The van der Waals surface area contributed by atoms with Crippen LogP contribution in [0.1, 0.15) is 17.0 Å². The lowest BCUT2D eigenvalue weighted by Gasteiger charge is -1.79. The van der Waals surface area contributed by atoms with E-state index in [9.17, 15) is 0 Å². The van der Waals surface area contributed by atoms with Gasteiger partial charge >= 0.3 is 0 Å². The van der Waals surface area contributed by atoms with Crippen LogP contribution in [0.4, 0.5) is 0 Å². The van der Waals surface area contributed by atoms with Gasteiger partial charge in [-0.15, -0.1) is 5.73 Å². The molecule has 0 unspecified atom stereocenters. The number of aromatic amines is 1. The summed E-state index contributed by atoms with van der Waals surface area (Å²) in [7, 11) is 0. The van der Waals surface area contributed by atoms with Crippen LogP contribution in [-0.4, -0.2) is 10.2 Å². The summed E-state index contributed by atoms with van der Waals surface area (Å²) in [6, 6.07) is 1.97. The van der Waals surface area contributed by atoms with Gasteiger partial charge in [0.15, 0.2) is 5.69 Å². The molecule has 1 aliphatic rings. The van der Waals surface area contributed by atoms with Crippen molar-refractivity contribution in [2.24, 2.45) is 0 Å². The maximum absolute atomic E-state index is 8.50. The number of hydrogen-bond acceptors (Lipinski definition) is 2. The van der Waals surface area contributed by atoms with Crippen molar-refractivity contribution in [3.63, 3.8) is 0 Å². The number of nitriles is 1. The van der Waals surface area contributed by atoms with Crippen molar-refractivity contribution < 1.29 is 0 Å². The van der Waals surface area contributed by atoms with Crippen LogP contribution in [0.25, 0.3) is 12.2 Å². The Balaban J connectivity index is 2.72. The normalized spacial score (nSPS) is 11.5. The van der Waals surface area contributed by atoms with Crippen molar-refractivity contribution in [2.45, 2.75) is 0 Å². The van der Waals surface area contributed by atoms with Gasteiger partial charge in [-0.2, -0.15) is 10.4 Å². The molecule has 2 rings (SSSR count). The highest BCUT2D eigenvalue weighted by Gasteiger charge is 2.09. The molecule has 1 aliphatic carbocycles. The third-order valence-corrected chi connectivity index (χ3v) is 1.39. The molecule has 0 saturated heterocycles. The van der Waals surface area contributed by atoms with Gasteiger partial charge in [-0.25, -0.2) is 0 Å². The van der Waals surface area contributed by atoms with E-state index in [-0.39, 0.29) is 0 Å². The lowest BCUT2D eigenvalue weighted by molar-refractivity contribution is 1.06. The largest absolute Gasteiger partial charge is 0.276 e. The minimum atomic E-state index is 0.441. The fourth-order valence-electron chi connectivity index (χ4n) is 0.914. The summed E-state index contributed by atoms with van der Waals surface area (Å²) in [5.74, 6) is 0. The Kier molecular flexibility index (Phi) is 0.806. The molecule has 10 heavy (non-hydrogen) atoms. The zero-order chi connectivity index (χ0) is 6.97. The highest BCUT2D eigenvalue weighted by atomic mass is 15.1. The quantitative estimate of drug-likeness (QED) is 0.538. The Morgan fingerprint density at radius 1 is 1.60 bits per heavy atom. The third-order valence-electron chi connectivity index (χ3n) is 1.39. The summed E-state index contributed by atoms with van der Waals surface area (Å²) in [6.45, 7) is 0. The summed E-state index contributed by atoms with van der Waals surface area (Å²) in [6.07, 6.45) is 3.51. The van der Waals surface area contributed by atoms with Crippen LogP contribution in [0.2, 0.25) is 0 Å². The van der Waals surface area contributed by atoms with Gasteiger partial charge in [-0.05, 0) is 6.08 Å². The van der Waals surface area contributed by atoms with Gasteiger partial charge in [-0.3, -0.25) is 5.10 Å². The Labute approximate surface area is 57.3 Å². The Bertz CT molecular complexity index is 372. The standard InChI is InChI=1S/C7H3N3/c8-4-7-5-2-1-3-6(5)9-10-7/h2-3H,(H,9,10). The van der Waals surface area contributed by atoms with E-state index in [0.717, 1.165) is 11.3 Å². The van der Waals surface area contributed by atoms with Crippen molar-refractivity contribution in [3.05, 3.63) is 22.7 Å². The van der Waals surface area contributed by atoms with E-state index in [0.29, 0.717) is 5.69 Å². The van der Waals surface area contributed by atoms with Gasteiger partial charge < -0.3 is 0 Å². The monoisotopic (exact) mass is 129 g/mol. The summed E-state index contributed by atoms with van der Waals surface area (Å²) >= 11 is 0. The van der Waals surface area contributed by atoms with Crippen LogP contribution in [0.5, 0.6) is 0 Å². The molecule has 1 heterocycles. The Morgan fingerprint density at radius 3 is 3.30 bits per heavy atom. The Morgan fingerprint density at radius 2 is 2.50 bits per heavy atom. The molecule has 0 radical (unpaired) electrons. The smallest absolute Gasteiger partial charge is 0.170 e. The van der Waals surface area contributed by atoms with Gasteiger partial charge in [-0.1, -0.05) is 0 Å². The molecule has 3 nitrogen and oxygen atoms in total. The van der Waals surface area contributed by atoms with Crippen LogP contribution >= 0.6 is 0 Å². The van der Waals surface area contributed by atoms with Crippen molar-refractivity contribution in [1.29, 1.82) is 5.26 Å². The molecule has 0 aliphatic heterocycles. The highest BCUT2D eigenvalue weighted by molar-refractivity contribution is 5.73. The zero-order valence-electron chi connectivity index (χ0n) is 5.05. The molecule has 0 fully saturated rings. The number of nitrogens with zero attached hydrogens (tertiary/aromatic N) is 2. The van der Waals surface area contributed by atoms with Crippen LogP contribution < -0.4 is 0 Å². The number of aromatic nitrogens is 2. The van der Waals surface area contributed by atoms with Gasteiger partial charge in [0, 0.05) is 11.6 Å². The first kappa shape index (κ1) is 5.04. The molecule has 0 aromatic carbocycles. The first-order valence-corrected chi connectivity index (χ1v) is 2.83. The van der Waals surface area contributed by atoms with Crippen LogP contribution in [0, 0.1) is 11.3 Å². The fourth-order valence-corrected chi connectivity index (χ4v) is 0.914. The van der Waals surface area contributed by atoms with Crippen molar-refractivity contribution in [3.8, 4) is 6.07 Å². The molecule has 0 saturated carbocycles. The first-order chi connectivity index (χ1) is 4.92. The molecule has 0 atom stereocenters. The van der Waals surface area contributed by atoms with Gasteiger partial charge in [0.1, 0.15) is 6.07 Å². The highest BCUT2D eigenvalue weighted by Crippen LogP contribution is 2.17. The molecular formula is C7H3N3. The van der Waals surface area contributed by atoms with Gasteiger partial charge in [0.2, 0.25) is 0 Å². The molecule has 0 amide bonds. The maximum Gasteiger partial charge on any atom is 0.170 e. The number of fused-ring (bicyclic) bond motifs is 1. The topological polar surface area (TPSA) is 52.5 Å². The lowest BCUT2D eigenvalue weighted by Crippen LogP contribution is -1.74. The van der Waals surface area contributed by atoms with Crippen molar-refractivity contribution in [2.75, 3.05) is 0 Å². The lowest BCUT2D eigenvalue weighted by atomic mass is 10.2. The molecular weight excluding hydrogens is 126 g/mol. The summed E-state index contributed by atoms with van der Waals surface area (Å²) in [5, 5.41) is 15.0. The van der Waals surface area contributed by atoms with Crippen LogP contribution in [0.15, 0.2) is 5.73 Å². The average Bonchev–Trinajstić information content (AvgIpc) is 2.44. The number of H-pyrrole nitrogens is 1. The molecule has 1 aromatic rings. The second-order valence-corrected chi connectivity index (χ2v) is 1.97. The van der Waals surface area contributed by atoms with E-state index in [1.807, 2.05) is 6.07 Å². The molecule has 0 spiro atoms.